The molecule has 3 aromatic rings. The van der Waals surface area contributed by atoms with Crippen molar-refractivity contribution in [3.05, 3.63) is 87.9 Å². The first-order valence-corrected chi connectivity index (χ1v) is 17.5. The Bertz CT molecular complexity index is 1620. The molecule has 45 heavy (non-hydrogen) atoms. The van der Waals surface area contributed by atoms with Crippen LogP contribution in [-0.4, -0.2) is 56.3 Å². The fourth-order valence-electron chi connectivity index (χ4n) is 5.69. The summed E-state index contributed by atoms with van der Waals surface area (Å²) in [6, 6.07) is 18.3. The molecule has 240 valence electrons. The summed E-state index contributed by atoms with van der Waals surface area (Å²) in [7, 11) is -3.92. The van der Waals surface area contributed by atoms with Gasteiger partial charge in [-0.2, -0.15) is 0 Å². The SMILES string of the molecule is CCS(=O)(=O)N(CC(=O)N(Cc1ccc(Cl)c(Cl)c1)[C@@H](Cc1ccccc1)C(=O)NC1CCCCC1)c1ccc2c(c1)OCO2. The van der Waals surface area contributed by atoms with Gasteiger partial charge in [0.1, 0.15) is 12.6 Å². The number of amides is 2. The van der Waals surface area contributed by atoms with Gasteiger partial charge in [-0.3, -0.25) is 13.9 Å². The summed E-state index contributed by atoms with van der Waals surface area (Å²) in [6.45, 7) is 1.02. The molecule has 2 aliphatic rings. The summed E-state index contributed by atoms with van der Waals surface area (Å²) in [5.74, 6) is -0.195. The standard InChI is InChI=1S/C33H37Cl2N3O6S/c1-2-45(41,42)38(26-14-16-30-31(19-26)44-22-43-30)21-32(39)37(20-24-13-15-27(34)28(35)17-24)29(18-23-9-5-3-6-10-23)33(40)36-25-11-7-4-8-12-25/h3,5-6,9-10,13-17,19,25,29H,2,4,7-8,11-12,18,20-22H2,1H3,(H,36,40)/t29-/m0/s1. The Labute approximate surface area is 274 Å². The molecule has 1 aliphatic carbocycles. The van der Waals surface area contributed by atoms with E-state index >= 15 is 0 Å². The van der Waals surface area contributed by atoms with E-state index in [0.717, 1.165) is 42.0 Å². The molecular formula is C33H37Cl2N3O6S. The van der Waals surface area contributed by atoms with E-state index < -0.39 is 28.5 Å². The fourth-order valence-corrected chi connectivity index (χ4v) is 7.07. The number of carbonyl (C=O) groups is 2. The second-order valence-corrected chi connectivity index (χ2v) is 14.3. The number of nitrogens with one attached hydrogen (secondary N) is 1. The Kier molecular flexibility index (Phi) is 10.8. The van der Waals surface area contributed by atoms with E-state index in [1.807, 2.05) is 30.3 Å². The quantitative estimate of drug-likeness (QED) is 0.254. The Balaban J connectivity index is 1.53. The normalized spacial score (nSPS) is 15.4. The van der Waals surface area contributed by atoms with Gasteiger partial charge in [-0.1, -0.05) is 78.9 Å². The molecule has 12 heteroatoms. The number of anilines is 1. The van der Waals surface area contributed by atoms with Crippen molar-refractivity contribution in [3.63, 3.8) is 0 Å². The van der Waals surface area contributed by atoms with Crippen molar-refractivity contribution in [1.82, 2.24) is 10.2 Å². The predicted molar refractivity (Wildman–Crippen MR) is 175 cm³/mol. The average Bonchev–Trinajstić information content (AvgIpc) is 3.52. The van der Waals surface area contributed by atoms with Crippen LogP contribution in [0.5, 0.6) is 11.5 Å². The maximum absolute atomic E-state index is 14.4. The number of hydrogen-bond acceptors (Lipinski definition) is 6. The molecule has 3 aromatic carbocycles. The maximum atomic E-state index is 14.4. The average molecular weight is 675 g/mol. The summed E-state index contributed by atoms with van der Waals surface area (Å²) in [4.78, 5) is 30.0. The lowest BCUT2D eigenvalue weighted by molar-refractivity contribution is -0.140. The van der Waals surface area contributed by atoms with Crippen LogP contribution in [0.2, 0.25) is 10.0 Å². The number of ether oxygens (including phenoxy) is 2. The van der Waals surface area contributed by atoms with E-state index in [1.54, 1.807) is 36.4 Å². The lowest BCUT2D eigenvalue weighted by atomic mass is 9.94. The molecule has 1 aliphatic heterocycles. The fraction of sp³-hybridized carbons (Fsp3) is 0.394. The molecule has 0 saturated heterocycles. The Morgan fingerprint density at radius 3 is 2.36 bits per heavy atom. The Morgan fingerprint density at radius 2 is 1.64 bits per heavy atom. The zero-order chi connectivity index (χ0) is 32.0. The molecule has 0 aromatic heterocycles. The third kappa shape index (κ3) is 8.23. The molecule has 1 heterocycles. The van der Waals surface area contributed by atoms with Crippen molar-refractivity contribution in [3.8, 4) is 11.5 Å². The van der Waals surface area contributed by atoms with Crippen molar-refractivity contribution in [2.24, 2.45) is 0 Å². The van der Waals surface area contributed by atoms with Crippen molar-refractivity contribution >= 4 is 50.7 Å². The van der Waals surface area contributed by atoms with E-state index in [0.29, 0.717) is 27.1 Å². The molecule has 0 radical (unpaired) electrons. The number of carbonyl (C=O) groups excluding carboxylic acids is 2. The van der Waals surface area contributed by atoms with E-state index in [-0.39, 0.29) is 43.1 Å². The second-order valence-electron chi connectivity index (χ2n) is 11.3. The minimum atomic E-state index is -3.92. The second kappa shape index (κ2) is 14.7. The first-order chi connectivity index (χ1) is 21.6. The van der Waals surface area contributed by atoms with Gasteiger partial charge in [-0.05, 0) is 55.2 Å². The van der Waals surface area contributed by atoms with Gasteiger partial charge >= 0.3 is 0 Å². The van der Waals surface area contributed by atoms with Gasteiger partial charge in [-0.15, -0.1) is 0 Å². The highest BCUT2D eigenvalue weighted by Gasteiger charge is 2.35. The van der Waals surface area contributed by atoms with E-state index in [4.69, 9.17) is 32.7 Å². The van der Waals surface area contributed by atoms with Crippen LogP contribution < -0.4 is 19.1 Å². The minimum absolute atomic E-state index is 0.00641. The lowest BCUT2D eigenvalue weighted by Gasteiger charge is -2.35. The van der Waals surface area contributed by atoms with Crippen molar-refractivity contribution < 1.29 is 27.5 Å². The number of sulfonamides is 1. The van der Waals surface area contributed by atoms with Crippen LogP contribution in [0.4, 0.5) is 5.69 Å². The highest BCUT2D eigenvalue weighted by atomic mass is 35.5. The van der Waals surface area contributed by atoms with Crippen LogP contribution in [0.15, 0.2) is 66.7 Å². The van der Waals surface area contributed by atoms with Crippen molar-refractivity contribution in [2.75, 3.05) is 23.4 Å². The first kappa shape index (κ1) is 32.9. The van der Waals surface area contributed by atoms with Crippen LogP contribution >= 0.6 is 23.2 Å². The molecule has 2 amide bonds. The van der Waals surface area contributed by atoms with Gasteiger partial charge in [-0.25, -0.2) is 8.42 Å². The smallest absolute Gasteiger partial charge is 0.244 e. The van der Waals surface area contributed by atoms with Gasteiger partial charge in [0.05, 0.1) is 21.5 Å². The number of halogens is 2. The van der Waals surface area contributed by atoms with Gasteiger partial charge in [0.25, 0.3) is 0 Å². The first-order valence-electron chi connectivity index (χ1n) is 15.1. The number of benzene rings is 3. The van der Waals surface area contributed by atoms with Gasteiger partial charge < -0.3 is 19.7 Å². The number of nitrogens with zero attached hydrogens (tertiary/aromatic N) is 2. The molecule has 9 nitrogen and oxygen atoms in total. The zero-order valence-corrected chi connectivity index (χ0v) is 27.4. The minimum Gasteiger partial charge on any atom is -0.454 e. The summed E-state index contributed by atoms with van der Waals surface area (Å²) in [5, 5.41) is 3.86. The van der Waals surface area contributed by atoms with E-state index in [9.17, 15) is 18.0 Å². The molecular weight excluding hydrogens is 637 g/mol. The molecule has 5 rings (SSSR count). The lowest BCUT2D eigenvalue weighted by Crippen LogP contribution is -2.55. The van der Waals surface area contributed by atoms with Crippen LogP contribution in [0.3, 0.4) is 0 Å². The molecule has 0 spiro atoms. The van der Waals surface area contributed by atoms with E-state index in [1.165, 1.54) is 11.8 Å². The zero-order valence-electron chi connectivity index (χ0n) is 25.1. The Morgan fingerprint density at radius 1 is 0.911 bits per heavy atom. The van der Waals surface area contributed by atoms with Gasteiger partial charge in [0.2, 0.25) is 28.6 Å². The largest absolute Gasteiger partial charge is 0.454 e. The summed E-state index contributed by atoms with van der Waals surface area (Å²) >= 11 is 12.5. The van der Waals surface area contributed by atoms with Crippen LogP contribution in [-0.2, 0) is 32.6 Å². The van der Waals surface area contributed by atoms with Crippen LogP contribution in [0.25, 0.3) is 0 Å². The maximum Gasteiger partial charge on any atom is 0.244 e. The number of hydrogen-bond donors (Lipinski definition) is 1. The van der Waals surface area contributed by atoms with E-state index in [2.05, 4.69) is 5.32 Å². The topological polar surface area (TPSA) is 105 Å². The summed E-state index contributed by atoms with van der Waals surface area (Å²) in [5.41, 5.74) is 1.77. The third-order valence-electron chi connectivity index (χ3n) is 8.18. The Hall–Kier alpha value is -3.47. The molecule has 1 N–H and O–H groups in total. The van der Waals surface area contributed by atoms with Crippen molar-refractivity contribution in [1.29, 1.82) is 0 Å². The van der Waals surface area contributed by atoms with Crippen LogP contribution in [0, 0.1) is 0 Å². The molecule has 0 bridgehead atoms. The van der Waals surface area contributed by atoms with Crippen LogP contribution in [0.1, 0.15) is 50.2 Å². The highest BCUT2D eigenvalue weighted by molar-refractivity contribution is 7.92. The molecule has 0 unspecified atom stereocenters. The van der Waals surface area contributed by atoms with Crippen molar-refractivity contribution in [2.45, 2.75) is 64.1 Å². The van der Waals surface area contributed by atoms with Gasteiger partial charge in [0, 0.05) is 25.1 Å². The summed E-state index contributed by atoms with van der Waals surface area (Å²) in [6.07, 6.45) is 5.16. The molecule has 1 saturated carbocycles. The highest BCUT2D eigenvalue weighted by Crippen LogP contribution is 2.36. The van der Waals surface area contributed by atoms with Gasteiger partial charge in [0.15, 0.2) is 11.5 Å². The third-order valence-corrected chi connectivity index (χ3v) is 10.7. The number of fused-ring (bicyclic) bond motifs is 1. The molecule has 1 fully saturated rings. The monoisotopic (exact) mass is 673 g/mol. The predicted octanol–water partition coefficient (Wildman–Crippen LogP) is 5.97. The number of rotatable bonds is 12. The molecule has 1 atom stereocenters. The summed E-state index contributed by atoms with van der Waals surface area (Å²) < 4.78 is 38.8.